The molecule has 1 aliphatic heterocycles. The Labute approximate surface area is 131 Å². The molecule has 1 unspecified atom stereocenters. The van der Waals surface area contributed by atoms with Crippen LogP contribution in [-0.2, 0) is 4.74 Å². The van der Waals surface area contributed by atoms with E-state index < -0.39 is 0 Å². The molecule has 116 valence electrons. The molecule has 5 heteroatoms. The summed E-state index contributed by atoms with van der Waals surface area (Å²) in [5, 5.41) is 0.378. The zero-order valence-electron chi connectivity index (χ0n) is 12.9. The number of rotatable bonds is 4. The second-order valence-electron chi connectivity index (χ2n) is 5.73. The van der Waals surface area contributed by atoms with Crippen LogP contribution in [0.1, 0.15) is 55.6 Å². The molecule has 1 aliphatic rings. The van der Waals surface area contributed by atoms with Gasteiger partial charge in [0.15, 0.2) is 0 Å². The van der Waals surface area contributed by atoms with Gasteiger partial charge in [0.05, 0.1) is 6.10 Å². The average Bonchev–Trinajstić information content (AvgIpc) is 2.46. The Bertz CT molecular complexity index is 503. The molecule has 0 aliphatic carbocycles. The number of carbonyl (C=O) groups excluding carboxylic acids is 1. The van der Waals surface area contributed by atoms with Crippen LogP contribution in [0, 0.1) is 0 Å². The summed E-state index contributed by atoms with van der Waals surface area (Å²) in [6, 6.07) is 3.50. The van der Waals surface area contributed by atoms with Crippen molar-refractivity contribution in [3.05, 3.63) is 28.5 Å². The van der Waals surface area contributed by atoms with Gasteiger partial charge in [-0.15, -0.1) is 0 Å². The molecule has 0 spiro atoms. The van der Waals surface area contributed by atoms with Gasteiger partial charge in [0.1, 0.15) is 5.15 Å². The third kappa shape index (κ3) is 4.17. The highest BCUT2D eigenvalue weighted by atomic mass is 35.5. The molecule has 0 radical (unpaired) electrons. The van der Waals surface area contributed by atoms with E-state index in [0.29, 0.717) is 23.9 Å². The summed E-state index contributed by atoms with van der Waals surface area (Å²) in [5.41, 5.74) is 1.47. The standard InChI is InChI=1S/C16H23ClN2O2/c1-4-21-13-6-5-7-19(10-13)16(20)12-8-14(11(2)3)18-15(17)9-12/h8-9,11,13H,4-7,10H2,1-3H3. The molecule has 1 amide bonds. The number of pyridine rings is 1. The van der Waals surface area contributed by atoms with Crippen LogP contribution in [0.15, 0.2) is 12.1 Å². The lowest BCUT2D eigenvalue weighted by molar-refractivity contribution is 0.00723. The maximum atomic E-state index is 12.7. The number of halogens is 1. The second-order valence-corrected chi connectivity index (χ2v) is 6.12. The van der Waals surface area contributed by atoms with Gasteiger partial charge in [0.2, 0.25) is 0 Å². The molecule has 1 fully saturated rings. The summed E-state index contributed by atoms with van der Waals surface area (Å²) in [4.78, 5) is 18.8. The van der Waals surface area contributed by atoms with Gasteiger partial charge < -0.3 is 9.64 Å². The first-order valence-corrected chi connectivity index (χ1v) is 7.97. The normalized spacial score (nSPS) is 19.1. The molecule has 21 heavy (non-hydrogen) atoms. The fourth-order valence-corrected chi connectivity index (χ4v) is 2.83. The minimum absolute atomic E-state index is 0.0191. The maximum Gasteiger partial charge on any atom is 0.254 e. The van der Waals surface area contributed by atoms with Gasteiger partial charge in [-0.05, 0) is 37.8 Å². The van der Waals surface area contributed by atoms with Crippen molar-refractivity contribution in [2.24, 2.45) is 0 Å². The molecule has 2 rings (SSSR count). The van der Waals surface area contributed by atoms with Gasteiger partial charge in [-0.1, -0.05) is 25.4 Å². The van der Waals surface area contributed by atoms with Crippen LogP contribution in [0.4, 0.5) is 0 Å². The topological polar surface area (TPSA) is 42.4 Å². The molecule has 0 saturated carbocycles. The number of amides is 1. The van der Waals surface area contributed by atoms with Crippen LogP contribution in [0.5, 0.6) is 0 Å². The van der Waals surface area contributed by atoms with Crippen LogP contribution in [0.25, 0.3) is 0 Å². The first kappa shape index (κ1) is 16.2. The third-order valence-corrected chi connectivity index (χ3v) is 3.91. The van der Waals surface area contributed by atoms with Crippen molar-refractivity contribution < 1.29 is 9.53 Å². The lowest BCUT2D eigenvalue weighted by Crippen LogP contribution is -2.43. The lowest BCUT2D eigenvalue weighted by Gasteiger charge is -2.32. The summed E-state index contributed by atoms with van der Waals surface area (Å²) in [7, 11) is 0. The molecular formula is C16H23ClN2O2. The van der Waals surface area contributed by atoms with Crippen molar-refractivity contribution in [1.29, 1.82) is 0 Å². The number of hydrogen-bond acceptors (Lipinski definition) is 3. The number of aromatic nitrogens is 1. The van der Waals surface area contributed by atoms with Crippen LogP contribution in [0.2, 0.25) is 5.15 Å². The minimum atomic E-state index is 0.0191. The van der Waals surface area contributed by atoms with Crippen molar-refractivity contribution in [1.82, 2.24) is 9.88 Å². The van der Waals surface area contributed by atoms with Crippen molar-refractivity contribution >= 4 is 17.5 Å². The summed E-state index contributed by atoms with van der Waals surface area (Å²) in [6.07, 6.45) is 2.15. The average molecular weight is 311 g/mol. The highest BCUT2D eigenvalue weighted by molar-refractivity contribution is 6.29. The molecule has 1 aromatic rings. The number of carbonyl (C=O) groups is 1. The highest BCUT2D eigenvalue weighted by Gasteiger charge is 2.25. The Morgan fingerprint density at radius 3 is 2.95 bits per heavy atom. The molecule has 0 aromatic carbocycles. The van der Waals surface area contributed by atoms with E-state index in [9.17, 15) is 4.79 Å². The van der Waals surface area contributed by atoms with E-state index >= 15 is 0 Å². The number of hydrogen-bond donors (Lipinski definition) is 0. The monoisotopic (exact) mass is 310 g/mol. The molecular weight excluding hydrogens is 288 g/mol. The summed E-state index contributed by atoms with van der Waals surface area (Å²) < 4.78 is 5.65. The lowest BCUT2D eigenvalue weighted by atomic mass is 10.0. The largest absolute Gasteiger partial charge is 0.377 e. The molecule has 4 nitrogen and oxygen atoms in total. The SMILES string of the molecule is CCOC1CCCN(C(=O)c2cc(Cl)nc(C(C)C)c2)C1. The Hall–Kier alpha value is -1.13. The summed E-state index contributed by atoms with van der Waals surface area (Å²) in [5.74, 6) is 0.262. The van der Waals surface area contributed by atoms with Crippen molar-refractivity contribution in [3.63, 3.8) is 0 Å². The smallest absolute Gasteiger partial charge is 0.254 e. The van der Waals surface area contributed by atoms with Gasteiger partial charge in [0, 0.05) is 31.0 Å². The maximum absolute atomic E-state index is 12.7. The molecule has 0 bridgehead atoms. The van der Waals surface area contributed by atoms with Crippen LogP contribution in [-0.4, -0.2) is 41.6 Å². The van der Waals surface area contributed by atoms with E-state index in [1.807, 2.05) is 31.7 Å². The predicted molar refractivity (Wildman–Crippen MR) is 83.9 cm³/mol. The number of nitrogens with zero attached hydrogens (tertiary/aromatic N) is 2. The van der Waals surface area contributed by atoms with E-state index in [2.05, 4.69) is 4.98 Å². The summed E-state index contributed by atoms with van der Waals surface area (Å²) in [6.45, 7) is 8.18. The fraction of sp³-hybridized carbons (Fsp3) is 0.625. The van der Waals surface area contributed by atoms with Gasteiger partial charge in [-0.25, -0.2) is 4.98 Å². The Morgan fingerprint density at radius 2 is 2.29 bits per heavy atom. The van der Waals surface area contributed by atoms with E-state index in [1.165, 1.54) is 0 Å². The van der Waals surface area contributed by atoms with Gasteiger partial charge in [-0.3, -0.25) is 4.79 Å². The van der Waals surface area contributed by atoms with Crippen molar-refractivity contribution in [2.45, 2.75) is 45.6 Å². The first-order chi connectivity index (χ1) is 10.0. The zero-order chi connectivity index (χ0) is 15.4. The first-order valence-electron chi connectivity index (χ1n) is 7.59. The number of likely N-dealkylation sites (tertiary alicyclic amines) is 1. The summed E-state index contributed by atoms with van der Waals surface area (Å²) >= 11 is 6.05. The quantitative estimate of drug-likeness (QED) is 0.799. The molecule has 1 aromatic heterocycles. The van der Waals surface area contributed by atoms with Crippen molar-refractivity contribution in [3.8, 4) is 0 Å². The van der Waals surface area contributed by atoms with Gasteiger partial charge in [-0.2, -0.15) is 0 Å². The van der Waals surface area contributed by atoms with Crippen molar-refractivity contribution in [2.75, 3.05) is 19.7 Å². The van der Waals surface area contributed by atoms with Crippen LogP contribution >= 0.6 is 11.6 Å². The molecule has 2 heterocycles. The third-order valence-electron chi connectivity index (χ3n) is 3.72. The Balaban J connectivity index is 2.15. The van der Waals surface area contributed by atoms with E-state index in [0.717, 1.165) is 25.1 Å². The zero-order valence-corrected chi connectivity index (χ0v) is 13.7. The number of ether oxygens (including phenoxy) is 1. The van der Waals surface area contributed by atoms with Gasteiger partial charge >= 0.3 is 0 Å². The van der Waals surface area contributed by atoms with E-state index in [-0.39, 0.29) is 17.9 Å². The van der Waals surface area contributed by atoms with Gasteiger partial charge in [0.25, 0.3) is 5.91 Å². The molecule has 1 saturated heterocycles. The Morgan fingerprint density at radius 1 is 1.52 bits per heavy atom. The minimum Gasteiger partial charge on any atom is -0.377 e. The predicted octanol–water partition coefficient (Wildman–Crippen LogP) is 3.50. The van der Waals surface area contributed by atoms with E-state index in [1.54, 1.807) is 6.07 Å². The number of piperidine rings is 1. The second kappa shape index (κ2) is 7.23. The van der Waals surface area contributed by atoms with E-state index in [4.69, 9.17) is 16.3 Å². The molecule has 1 atom stereocenters. The Kier molecular flexibility index (Phi) is 5.59. The van der Waals surface area contributed by atoms with Crippen LogP contribution < -0.4 is 0 Å². The highest BCUT2D eigenvalue weighted by Crippen LogP contribution is 2.21. The van der Waals surface area contributed by atoms with Crippen LogP contribution in [0.3, 0.4) is 0 Å². The molecule has 0 N–H and O–H groups in total. The fourth-order valence-electron chi connectivity index (χ4n) is 2.61.